The molecule has 0 spiro atoms. The summed E-state index contributed by atoms with van der Waals surface area (Å²) in [6.45, 7) is 3.21. The van der Waals surface area contributed by atoms with Crippen LogP contribution >= 0.6 is 23.4 Å². The number of halogens is 1. The molecule has 0 N–H and O–H groups in total. The van der Waals surface area contributed by atoms with E-state index in [2.05, 4.69) is 46.4 Å². The highest BCUT2D eigenvalue weighted by Gasteiger charge is 2.18. The second-order valence-electron chi connectivity index (χ2n) is 5.20. The van der Waals surface area contributed by atoms with Gasteiger partial charge >= 0.3 is 0 Å². The minimum Gasteiger partial charge on any atom is -0.326 e. The second kappa shape index (κ2) is 5.76. The first-order valence-corrected chi connectivity index (χ1v) is 8.50. The van der Waals surface area contributed by atoms with Gasteiger partial charge in [-0.1, -0.05) is 18.6 Å². The summed E-state index contributed by atoms with van der Waals surface area (Å²) in [5, 5.41) is 0.715. The van der Waals surface area contributed by atoms with E-state index in [0.29, 0.717) is 11.1 Å². The molecule has 0 aliphatic carbocycles. The lowest BCUT2D eigenvalue weighted by atomic mass is 10.1. The van der Waals surface area contributed by atoms with Crippen LogP contribution in [0.3, 0.4) is 0 Å². The number of thioether (sulfide) groups is 1. The van der Waals surface area contributed by atoms with Crippen molar-refractivity contribution in [1.29, 1.82) is 0 Å². The lowest BCUT2D eigenvalue weighted by Gasteiger charge is -2.23. The molecule has 1 saturated heterocycles. The third-order valence-electron chi connectivity index (χ3n) is 3.83. The van der Waals surface area contributed by atoms with Crippen molar-refractivity contribution >= 4 is 34.4 Å². The van der Waals surface area contributed by atoms with Crippen molar-refractivity contribution in [3.05, 3.63) is 29.6 Å². The number of rotatable bonds is 3. The Morgan fingerprint density at radius 1 is 1.42 bits per heavy atom. The Balaban J connectivity index is 2.00. The van der Waals surface area contributed by atoms with Gasteiger partial charge in [-0.3, -0.25) is 0 Å². The molecule has 4 heteroatoms. The number of hydrogen-bond acceptors (Lipinski definition) is 2. The highest BCUT2D eigenvalue weighted by atomic mass is 35.5. The summed E-state index contributed by atoms with van der Waals surface area (Å²) < 4.78 is 2.35. The van der Waals surface area contributed by atoms with E-state index in [9.17, 15) is 0 Å². The Bertz CT molecular complexity index is 573. The number of imidazole rings is 1. The standard InChI is InChI=1S/C15H19ClN2S/c1-11-5-4-7-13-15(11)18(14(9-16)17-13)10-12-6-2-3-8-19-12/h4-5,7,12H,2-3,6,8-10H2,1H3. The highest BCUT2D eigenvalue weighted by Crippen LogP contribution is 2.29. The number of benzene rings is 1. The fourth-order valence-electron chi connectivity index (χ4n) is 2.87. The minimum absolute atomic E-state index is 0.492. The predicted octanol–water partition coefficient (Wildman–Crippen LogP) is 4.37. The van der Waals surface area contributed by atoms with Gasteiger partial charge in [-0.2, -0.15) is 11.8 Å². The number of aromatic nitrogens is 2. The molecule has 102 valence electrons. The topological polar surface area (TPSA) is 17.8 Å². The summed E-state index contributed by atoms with van der Waals surface area (Å²) >= 11 is 8.19. The normalized spacial score (nSPS) is 20.0. The Morgan fingerprint density at radius 3 is 3.05 bits per heavy atom. The predicted molar refractivity (Wildman–Crippen MR) is 84.1 cm³/mol. The fraction of sp³-hybridized carbons (Fsp3) is 0.533. The monoisotopic (exact) mass is 294 g/mol. The van der Waals surface area contributed by atoms with Crippen molar-refractivity contribution in [3.8, 4) is 0 Å². The van der Waals surface area contributed by atoms with Crippen LogP contribution in [0.5, 0.6) is 0 Å². The molecule has 1 aliphatic heterocycles. The molecule has 1 unspecified atom stereocenters. The highest BCUT2D eigenvalue weighted by molar-refractivity contribution is 7.99. The summed E-state index contributed by atoms with van der Waals surface area (Å²) in [5.74, 6) is 2.80. The molecule has 1 atom stereocenters. The van der Waals surface area contributed by atoms with Gasteiger partial charge in [0.25, 0.3) is 0 Å². The number of hydrogen-bond donors (Lipinski definition) is 0. The Labute approximate surface area is 123 Å². The third kappa shape index (κ3) is 2.63. The summed E-state index contributed by atoms with van der Waals surface area (Å²) in [5.41, 5.74) is 3.64. The first-order chi connectivity index (χ1) is 9.29. The zero-order chi connectivity index (χ0) is 13.2. The molecule has 2 nitrogen and oxygen atoms in total. The Morgan fingerprint density at radius 2 is 2.32 bits per heavy atom. The molecule has 0 saturated carbocycles. The third-order valence-corrected chi connectivity index (χ3v) is 5.45. The van der Waals surface area contributed by atoms with E-state index in [1.54, 1.807) is 0 Å². The van der Waals surface area contributed by atoms with Gasteiger partial charge in [0, 0.05) is 11.8 Å². The van der Waals surface area contributed by atoms with Crippen molar-refractivity contribution in [1.82, 2.24) is 9.55 Å². The zero-order valence-corrected chi connectivity index (χ0v) is 12.8. The molecule has 0 bridgehead atoms. The summed E-state index contributed by atoms with van der Waals surface area (Å²) in [7, 11) is 0. The molecule has 0 radical (unpaired) electrons. The van der Waals surface area contributed by atoms with Crippen LogP contribution in [-0.2, 0) is 12.4 Å². The lowest BCUT2D eigenvalue weighted by molar-refractivity contribution is 0.581. The largest absolute Gasteiger partial charge is 0.326 e. The zero-order valence-electron chi connectivity index (χ0n) is 11.2. The van der Waals surface area contributed by atoms with Gasteiger partial charge < -0.3 is 4.57 Å². The van der Waals surface area contributed by atoms with Crippen molar-refractivity contribution < 1.29 is 0 Å². The van der Waals surface area contributed by atoms with Gasteiger partial charge in [0.1, 0.15) is 5.82 Å². The molecule has 2 heterocycles. The van der Waals surface area contributed by atoms with E-state index < -0.39 is 0 Å². The van der Waals surface area contributed by atoms with Crippen molar-refractivity contribution in [2.75, 3.05) is 5.75 Å². The Kier molecular flexibility index (Phi) is 4.04. The Hall–Kier alpha value is -0.670. The van der Waals surface area contributed by atoms with Crippen LogP contribution in [0.2, 0.25) is 0 Å². The van der Waals surface area contributed by atoms with Crippen molar-refractivity contribution in [3.63, 3.8) is 0 Å². The van der Waals surface area contributed by atoms with Crippen molar-refractivity contribution in [2.45, 2.75) is 43.9 Å². The molecular weight excluding hydrogens is 276 g/mol. The molecule has 3 rings (SSSR count). The van der Waals surface area contributed by atoms with E-state index >= 15 is 0 Å². The summed E-state index contributed by atoms with van der Waals surface area (Å²) in [4.78, 5) is 4.68. The molecular formula is C15H19ClN2S. The van der Waals surface area contributed by atoms with Gasteiger partial charge in [-0.05, 0) is 37.1 Å². The van der Waals surface area contributed by atoms with E-state index in [4.69, 9.17) is 11.6 Å². The second-order valence-corrected chi connectivity index (χ2v) is 6.88. The van der Waals surface area contributed by atoms with E-state index in [-0.39, 0.29) is 0 Å². The van der Waals surface area contributed by atoms with Crippen LogP contribution in [0.15, 0.2) is 18.2 Å². The number of aryl methyl sites for hydroxylation is 1. The van der Waals surface area contributed by atoms with Crippen LogP contribution in [0.25, 0.3) is 11.0 Å². The van der Waals surface area contributed by atoms with Gasteiger partial charge in [-0.15, -0.1) is 11.6 Å². The minimum atomic E-state index is 0.492. The van der Waals surface area contributed by atoms with Crippen LogP contribution < -0.4 is 0 Å². The first kappa shape index (κ1) is 13.3. The smallest absolute Gasteiger partial charge is 0.124 e. The van der Waals surface area contributed by atoms with E-state index in [0.717, 1.165) is 17.9 Å². The maximum absolute atomic E-state index is 6.08. The molecule has 1 aromatic carbocycles. The van der Waals surface area contributed by atoms with Gasteiger partial charge in [0.05, 0.1) is 16.9 Å². The number of para-hydroxylation sites is 1. The van der Waals surface area contributed by atoms with E-state index in [1.165, 1.54) is 36.1 Å². The summed E-state index contributed by atoms with van der Waals surface area (Å²) in [6, 6.07) is 6.32. The molecule has 1 aromatic heterocycles. The molecule has 1 fully saturated rings. The number of alkyl halides is 1. The van der Waals surface area contributed by atoms with E-state index in [1.807, 2.05) is 0 Å². The van der Waals surface area contributed by atoms with Crippen LogP contribution in [0, 0.1) is 6.92 Å². The maximum Gasteiger partial charge on any atom is 0.124 e. The quantitative estimate of drug-likeness (QED) is 0.782. The molecule has 2 aromatic rings. The van der Waals surface area contributed by atoms with Gasteiger partial charge in [0.15, 0.2) is 0 Å². The number of nitrogens with zero attached hydrogens (tertiary/aromatic N) is 2. The molecule has 0 amide bonds. The SMILES string of the molecule is Cc1cccc2nc(CCl)n(CC3CCCCS3)c12. The lowest BCUT2D eigenvalue weighted by Crippen LogP contribution is -2.18. The average molecular weight is 295 g/mol. The number of fused-ring (bicyclic) bond motifs is 1. The maximum atomic E-state index is 6.08. The van der Waals surface area contributed by atoms with Gasteiger partial charge in [0.2, 0.25) is 0 Å². The molecule has 1 aliphatic rings. The van der Waals surface area contributed by atoms with Crippen LogP contribution in [-0.4, -0.2) is 20.6 Å². The van der Waals surface area contributed by atoms with Crippen LogP contribution in [0.4, 0.5) is 0 Å². The average Bonchev–Trinajstić information content (AvgIpc) is 2.79. The van der Waals surface area contributed by atoms with Gasteiger partial charge in [-0.25, -0.2) is 4.98 Å². The first-order valence-electron chi connectivity index (χ1n) is 6.92. The van der Waals surface area contributed by atoms with Crippen molar-refractivity contribution in [2.24, 2.45) is 0 Å². The summed E-state index contributed by atoms with van der Waals surface area (Å²) in [6.07, 6.45) is 4.05. The van der Waals surface area contributed by atoms with Crippen LogP contribution in [0.1, 0.15) is 30.7 Å². The fourth-order valence-corrected chi connectivity index (χ4v) is 4.36. The molecule has 19 heavy (non-hydrogen) atoms.